The van der Waals surface area contributed by atoms with Crippen LogP contribution in [-0.4, -0.2) is 29.6 Å². The van der Waals surface area contributed by atoms with E-state index in [9.17, 15) is 14.0 Å². The Balaban J connectivity index is 1.94. The summed E-state index contributed by atoms with van der Waals surface area (Å²) in [5.74, 6) is 0.421. The highest BCUT2D eigenvalue weighted by atomic mass is 19.1. The minimum Gasteiger partial charge on any atom is -0.466 e. The number of hydrogen-bond donors (Lipinski definition) is 1. The van der Waals surface area contributed by atoms with Crippen LogP contribution < -0.4 is 5.73 Å². The molecule has 1 aliphatic rings. The van der Waals surface area contributed by atoms with E-state index < -0.39 is 11.4 Å². The van der Waals surface area contributed by atoms with Crippen molar-refractivity contribution in [2.24, 2.45) is 10.7 Å². The highest BCUT2D eigenvalue weighted by molar-refractivity contribution is 5.99. The number of aliphatic imine (C=N–C) groups is 1. The number of benzene rings is 1. The van der Waals surface area contributed by atoms with Gasteiger partial charge in [0.1, 0.15) is 17.3 Å². The first kappa shape index (κ1) is 18.8. The maximum Gasteiger partial charge on any atom is 0.231 e. The topological polar surface area (TPSA) is 88.9 Å². The second-order valence-electron chi connectivity index (χ2n) is 7.11. The van der Waals surface area contributed by atoms with Gasteiger partial charge >= 0.3 is 0 Å². The van der Waals surface area contributed by atoms with Crippen LogP contribution in [0.1, 0.15) is 46.3 Å². The Labute approximate surface area is 156 Å². The minimum absolute atomic E-state index is 0.00144. The summed E-state index contributed by atoms with van der Waals surface area (Å²) in [6.45, 7) is 5.18. The molecule has 27 heavy (non-hydrogen) atoms. The summed E-state index contributed by atoms with van der Waals surface area (Å²) in [7, 11) is 1.53. The number of rotatable bonds is 4. The molecule has 0 fully saturated rings. The van der Waals surface area contributed by atoms with Gasteiger partial charge in [-0.05, 0) is 44.5 Å². The Morgan fingerprint density at radius 3 is 2.67 bits per heavy atom. The van der Waals surface area contributed by atoms with E-state index in [4.69, 9.17) is 10.2 Å². The Kier molecular flexibility index (Phi) is 4.63. The van der Waals surface area contributed by atoms with E-state index in [-0.39, 0.29) is 36.1 Å². The van der Waals surface area contributed by atoms with E-state index in [1.807, 2.05) is 0 Å². The Bertz CT molecular complexity index is 963. The van der Waals surface area contributed by atoms with Crippen molar-refractivity contribution in [1.82, 2.24) is 4.90 Å². The number of carbonyl (C=O) groups is 2. The van der Waals surface area contributed by atoms with Crippen molar-refractivity contribution in [3.05, 3.63) is 58.3 Å². The molecule has 1 amide bonds. The van der Waals surface area contributed by atoms with Crippen molar-refractivity contribution >= 4 is 17.6 Å². The van der Waals surface area contributed by atoms with E-state index >= 15 is 0 Å². The van der Waals surface area contributed by atoms with Crippen molar-refractivity contribution in [3.63, 3.8) is 0 Å². The third-order valence-corrected chi connectivity index (χ3v) is 4.89. The number of amides is 1. The number of halogens is 1. The molecule has 3 rings (SSSR count). The number of Topliss-reactive ketones (excluding diaryl/α,β-unsaturated/α-hetero) is 1. The molecule has 0 radical (unpaired) electrons. The number of guanidine groups is 1. The molecule has 1 aliphatic heterocycles. The SMILES string of the molecule is Cc1cc(C(=O)Cc2ccc(F)c(C3(C)CC(=O)N(C)C(N)=N3)c2)c(C)o1. The van der Waals surface area contributed by atoms with Gasteiger partial charge in [-0.2, -0.15) is 0 Å². The number of ketones is 1. The predicted octanol–water partition coefficient (Wildman–Crippen LogP) is 2.85. The van der Waals surface area contributed by atoms with Gasteiger partial charge in [-0.15, -0.1) is 0 Å². The molecule has 0 saturated carbocycles. The smallest absolute Gasteiger partial charge is 0.231 e. The highest BCUT2D eigenvalue weighted by Gasteiger charge is 2.38. The third-order valence-electron chi connectivity index (χ3n) is 4.89. The fraction of sp³-hybridized carbons (Fsp3) is 0.350. The van der Waals surface area contributed by atoms with Gasteiger partial charge in [0.15, 0.2) is 11.7 Å². The van der Waals surface area contributed by atoms with Gasteiger partial charge in [0.25, 0.3) is 0 Å². The maximum absolute atomic E-state index is 14.5. The zero-order valence-corrected chi connectivity index (χ0v) is 15.8. The summed E-state index contributed by atoms with van der Waals surface area (Å²) in [4.78, 5) is 30.3. The summed E-state index contributed by atoms with van der Waals surface area (Å²) < 4.78 is 19.9. The van der Waals surface area contributed by atoms with E-state index in [0.717, 1.165) is 0 Å². The molecule has 0 bridgehead atoms. The number of nitrogens with two attached hydrogens (primary N) is 1. The molecule has 1 aromatic carbocycles. The summed E-state index contributed by atoms with van der Waals surface area (Å²) in [6.07, 6.45) is 0.0920. The van der Waals surface area contributed by atoms with Crippen molar-refractivity contribution in [3.8, 4) is 0 Å². The second-order valence-corrected chi connectivity index (χ2v) is 7.11. The molecular formula is C20H22FN3O3. The monoisotopic (exact) mass is 371 g/mol. The molecule has 7 heteroatoms. The number of furan rings is 1. The molecule has 2 N–H and O–H groups in total. The molecule has 2 heterocycles. The Morgan fingerprint density at radius 2 is 2.07 bits per heavy atom. The molecule has 2 aromatic rings. The van der Waals surface area contributed by atoms with Gasteiger partial charge in [0, 0.05) is 19.0 Å². The summed E-state index contributed by atoms with van der Waals surface area (Å²) in [5, 5.41) is 0. The van der Waals surface area contributed by atoms with Gasteiger partial charge in [0.05, 0.1) is 17.5 Å². The lowest BCUT2D eigenvalue weighted by atomic mass is 9.85. The average molecular weight is 371 g/mol. The first-order valence-corrected chi connectivity index (χ1v) is 8.62. The first-order valence-electron chi connectivity index (χ1n) is 8.62. The fourth-order valence-electron chi connectivity index (χ4n) is 3.35. The molecule has 0 aliphatic carbocycles. The molecule has 1 aromatic heterocycles. The molecule has 0 spiro atoms. The van der Waals surface area contributed by atoms with Gasteiger partial charge < -0.3 is 10.2 Å². The van der Waals surface area contributed by atoms with Crippen molar-refractivity contribution < 1.29 is 18.4 Å². The molecule has 6 nitrogen and oxygen atoms in total. The van der Waals surface area contributed by atoms with E-state index in [2.05, 4.69) is 4.99 Å². The average Bonchev–Trinajstić information content (AvgIpc) is 2.92. The standard InChI is InChI=1S/C20H22FN3O3/c1-11-7-14(12(2)27-11)17(25)9-13-5-6-16(21)15(8-13)20(3)10-18(26)24(4)19(22)23-20/h5-8H,9-10H2,1-4H3,(H2,22,23). The summed E-state index contributed by atoms with van der Waals surface area (Å²) in [6, 6.07) is 6.15. The predicted molar refractivity (Wildman–Crippen MR) is 99.0 cm³/mol. The van der Waals surface area contributed by atoms with Crippen molar-refractivity contribution in [2.75, 3.05) is 7.05 Å². The Hall–Kier alpha value is -2.96. The lowest BCUT2D eigenvalue weighted by molar-refractivity contribution is -0.128. The van der Waals surface area contributed by atoms with Crippen LogP contribution in [0, 0.1) is 19.7 Å². The lowest BCUT2D eigenvalue weighted by Gasteiger charge is -2.34. The van der Waals surface area contributed by atoms with E-state index in [0.29, 0.717) is 22.6 Å². The van der Waals surface area contributed by atoms with E-state index in [1.165, 1.54) is 18.0 Å². The Morgan fingerprint density at radius 1 is 1.37 bits per heavy atom. The molecular weight excluding hydrogens is 349 g/mol. The molecule has 1 unspecified atom stereocenters. The summed E-state index contributed by atoms with van der Waals surface area (Å²) in [5.41, 5.74) is 6.10. The molecule has 142 valence electrons. The van der Waals surface area contributed by atoms with Crippen LogP contribution in [-0.2, 0) is 16.8 Å². The van der Waals surface area contributed by atoms with Crippen LogP contribution in [0.25, 0.3) is 0 Å². The van der Waals surface area contributed by atoms with E-state index in [1.54, 1.807) is 39.0 Å². The van der Waals surface area contributed by atoms with Crippen LogP contribution >= 0.6 is 0 Å². The van der Waals surface area contributed by atoms with Crippen molar-refractivity contribution in [1.29, 1.82) is 0 Å². The first-order chi connectivity index (χ1) is 12.6. The number of nitrogens with zero attached hydrogens (tertiary/aromatic N) is 2. The molecule has 1 atom stereocenters. The lowest BCUT2D eigenvalue weighted by Crippen LogP contribution is -2.47. The third kappa shape index (κ3) is 3.49. The van der Waals surface area contributed by atoms with Gasteiger partial charge in [-0.3, -0.25) is 14.5 Å². The fourth-order valence-corrected chi connectivity index (χ4v) is 3.35. The highest BCUT2D eigenvalue weighted by Crippen LogP contribution is 2.35. The van der Waals surface area contributed by atoms with Gasteiger partial charge in [-0.1, -0.05) is 6.07 Å². The number of carbonyl (C=O) groups excluding carboxylic acids is 2. The normalized spacial score (nSPS) is 20.0. The van der Waals surface area contributed by atoms with Crippen LogP contribution in [0.5, 0.6) is 0 Å². The number of hydrogen-bond acceptors (Lipinski definition) is 5. The largest absolute Gasteiger partial charge is 0.466 e. The van der Waals surface area contributed by atoms with Gasteiger partial charge in [0.2, 0.25) is 5.91 Å². The van der Waals surface area contributed by atoms with Gasteiger partial charge in [-0.25, -0.2) is 9.38 Å². The zero-order valence-electron chi connectivity index (χ0n) is 15.8. The minimum atomic E-state index is -1.11. The molecule has 0 saturated heterocycles. The number of aryl methyl sites for hydroxylation is 2. The maximum atomic E-state index is 14.5. The van der Waals surface area contributed by atoms with Crippen molar-refractivity contribution in [2.45, 2.75) is 39.2 Å². The summed E-state index contributed by atoms with van der Waals surface area (Å²) >= 11 is 0. The second kappa shape index (κ2) is 6.64. The van der Waals surface area contributed by atoms with Crippen LogP contribution in [0.2, 0.25) is 0 Å². The van der Waals surface area contributed by atoms with Crippen LogP contribution in [0.4, 0.5) is 4.39 Å². The van der Waals surface area contributed by atoms with Crippen LogP contribution in [0.15, 0.2) is 33.7 Å². The quantitative estimate of drug-likeness (QED) is 0.837. The zero-order chi connectivity index (χ0) is 19.9. The van der Waals surface area contributed by atoms with Crippen LogP contribution in [0.3, 0.4) is 0 Å².